The van der Waals surface area contributed by atoms with Gasteiger partial charge in [-0.25, -0.2) is 0 Å². The highest BCUT2D eigenvalue weighted by atomic mass is 16.5. The first-order valence-corrected chi connectivity index (χ1v) is 8.89. The van der Waals surface area contributed by atoms with Gasteiger partial charge < -0.3 is 15.4 Å². The third kappa shape index (κ3) is 4.85. The summed E-state index contributed by atoms with van der Waals surface area (Å²) in [5, 5.41) is 5.86. The van der Waals surface area contributed by atoms with E-state index in [2.05, 4.69) is 10.6 Å². The molecule has 1 saturated carbocycles. The number of benzene rings is 2. The molecule has 0 atom stereocenters. The van der Waals surface area contributed by atoms with Crippen LogP contribution in [0.1, 0.15) is 30.4 Å². The minimum atomic E-state index is -0.0467. The van der Waals surface area contributed by atoms with Crippen LogP contribution >= 0.6 is 0 Å². The number of carbonyl (C=O) groups excluding carboxylic acids is 2. The molecular weight excluding hydrogens is 328 g/mol. The van der Waals surface area contributed by atoms with Crippen LogP contribution in [-0.4, -0.2) is 18.9 Å². The number of hydrogen-bond donors (Lipinski definition) is 2. The monoisotopic (exact) mass is 352 g/mol. The molecule has 0 radical (unpaired) electrons. The first-order chi connectivity index (χ1) is 12.5. The van der Waals surface area contributed by atoms with Gasteiger partial charge in [-0.15, -0.1) is 0 Å². The first kappa shape index (κ1) is 18.0. The van der Waals surface area contributed by atoms with Gasteiger partial charge in [0.15, 0.2) is 0 Å². The van der Waals surface area contributed by atoms with Gasteiger partial charge >= 0.3 is 0 Å². The lowest BCUT2D eigenvalue weighted by Crippen LogP contribution is -2.15. The Morgan fingerprint density at radius 1 is 1.08 bits per heavy atom. The molecule has 2 N–H and O–H groups in total. The van der Waals surface area contributed by atoms with Crippen molar-refractivity contribution in [3.8, 4) is 5.75 Å². The van der Waals surface area contributed by atoms with Crippen LogP contribution in [0, 0.1) is 12.8 Å². The number of rotatable bonds is 7. The molecule has 136 valence electrons. The Balaban J connectivity index is 1.56. The van der Waals surface area contributed by atoms with Crippen molar-refractivity contribution in [2.75, 3.05) is 17.7 Å². The zero-order valence-corrected chi connectivity index (χ0v) is 15.2. The topological polar surface area (TPSA) is 67.4 Å². The molecule has 0 heterocycles. The summed E-state index contributed by atoms with van der Waals surface area (Å²) in [5.41, 5.74) is 3.51. The first-order valence-electron chi connectivity index (χ1n) is 8.89. The van der Waals surface area contributed by atoms with Gasteiger partial charge in [-0.1, -0.05) is 18.2 Å². The van der Waals surface area contributed by atoms with E-state index in [-0.39, 0.29) is 17.7 Å². The van der Waals surface area contributed by atoms with Crippen LogP contribution < -0.4 is 15.4 Å². The van der Waals surface area contributed by atoms with Crippen LogP contribution in [0.25, 0.3) is 0 Å². The molecule has 0 bridgehead atoms. The van der Waals surface area contributed by atoms with Crippen LogP contribution in [0.5, 0.6) is 5.75 Å². The summed E-state index contributed by atoms with van der Waals surface area (Å²) in [6, 6.07) is 13.3. The van der Waals surface area contributed by atoms with E-state index in [0.29, 0.717) is 12.8 Å². The molecular formula is C21H24N2O3. The Hall–Kier alpha value is -2.82. The number of anilines is 2. The highest BCUT2D eigenvalue weighted by Crippen LogP contribution is 2.30. The largest absolute Gasteiger partial charge is 0.497 e. The Bertz CT molecular complexity index is 795. The molecule has 1 fully saturated rings. The number of nitrogens with one attached hydrogen (secondary N) is 2. The molecule has 0 spiro atoms. The molecule has 1 aliphatic rings. The summed E-state index contributed by atoms with van der Waals surface area (Å²) in [5.74, 6) is 0.970. The molecule has 0 unspecified atom stereocenters. The summed E-state index contributed by atoms with van der Waals surface area (Å²) in [6.07, 6.45) is 2.98. The maximum Gasteiger partial charge on any atom is 0.227 e. The average Bonchev–Trinajstić information content (AvgIpc) is 3.48. The number of carbonyl (C=O) groups is 2. The molecule has 1 aliphatic carbocycles. The third-order valence-electron chi connectivity index (χ3n) is 4.53. The molecule has 0 aromatic heterocycles. The number of ether oxygens (including phenoxy) is 1. The molecule has 5 nitrogen and oxygen atoms in total. The second kappa shape index (κ2) is 8.04. The maximum atomic E-state index is 12.3. The zero-order valence-electron chi connectivity index (χ0n) is 15.2. The van der Waals surface area contributed by atoms with Crippen LogP contribution in [0.15, 0.2) is 42.5 Å². The van der Waals surface area contributed by atoms with Crippen molar-refractivity contribution in [1.82, 2.24) is 0 Å². The third-order valence-corrected chi connectivity index (χ3v) is 4.53. The van der Waals surface area contributed by atoms with Gasteiger partial charge in [-0.3, -0.25) is 9.59 Å². The fourth-order valence-corrected chi connectivity index (χ4v) is 2.69. The number of hydrogen-bond acceptors (Lipinski definition) is 3. The molecule has 2 aromatic carbocycles. The standard InChI is InChI=1S/C21H24N2O3/c1-14-3-9-17(22-21(25)16-7-8-16)13-19(14)23-20(24)12-6-15-4-10-18(26-2)11-5-15/h3-5,9-11,13,16H,6-8,12H2,1-2H3,(H,22,25)(H,23,24). The number of methoxy groups -OCH3 is 1. The van der Waals surface area contributed by atoms with Crippen molar-refractivity contribution in [3.63, 3.8) is 0 Å². The molecule has 0 aliphatic heterocycles. The highest BCUT2D eigenvalue weighted by Gasteiger charge is 2.29. The molecule has 3 rings (SSSR count). The minimum absolute atomic E-state index is 0.0467. The Labute approximate surface area is 153 Å². The lowest BCUT2D eigenvalue weighted by molar-refractivity contribution is -0.117. The van der Waals surface area contributed by atoms with E-state index in [1.807, 2.05) is 49.4 Å². The number of aryl methyl sites for hydroxylation is 2. The second-order valence-corrected chi connectivity index (χ2v) is 6.69. The van der Waals surface area contributed by atoms with Crippen molar-refractivity contribution in [1.29, 1.82) is 0 Å². The Morgan fingerprint density at radius 2 is 1.81 bits per heavy atom. The Morgan fingerprint density at radius 3 is 2.46 bits per heavy atom. The fraction of sp³-hybridized carbons (Fsp3) is 0.333. The van der Waals surface area contributed by atoms with E-state index in [9.17, 15) is 9.59 Å². The van der Waals surface area contributed by atoms with Gasteiger partial charge in [-0.05, 0) is 61.6 Å². The summed E-state index contributed by atoms with van der Waals surface area (Å²) < 4.78 is 5.13. The summed E-state index contributed by atoms with van der Waals surface area (Å²) in [6.45, 7) is 1.94. The van der Waals surface area contributed by atoms with E-state index in [1.165, 1.54) is 0 Å². The summed E-state index contributed by atoms with van der Waals surface area (Å²) in [4.78, 5) is 24.2. The predicted octanol–water partition coefficient (Wildman–Crippen LogP) is 3.92. The van der Waals surface area contributed by atoms with Gasteiger partial charge in [0, 0.05) is 23.7 Å². The van der Waals surface area contributed by atoms with Gasteiger partial charge in [-0.2, -0.15) is 0 Å². The van der Waals surface area contributed by atoms with Crippen molar-refractivity contribution < 1.29 is 14.3 Å². The SMILES string of the molecule is COc1ccc(CCC(=O)Nc2cc(NC(=O)C3CC3)ccc2C)cc1. The maximum absolute atomic E-state index is 12.3. The van der Waals surface area contributed by atoms with E-state index in [1.54, 1.807) is 7.11 Å². The van der Waals surface area contributed by atoms with Crippen LogP contribution in [0.4, 0.5) is 11.4 Å². The lowest BCUT2D eigenvalue weighted by atomic mass is 10.1. The molecule has 2 aromatic rings. The predicted molar refractivity (Wildman–Crippen MR) is 102 cm³/mol. The van der Waals surface area contributed by atoms with Crippen molar-refractivity contribution >= 4 is 23.2 Å². The van der Waals surface area contributed by atoms with Gasteiger partial charge in [0.25, 0.3) is 0 Å². The van der Waals surface area contributed by atoms with Crippen LogP contribution in [0.3, 0.4) is 0 Å². The van der Waals surface area contributed by atoms with Crippen LogP contribution in [-0.2, 0) is 16.0 Å². The van der Waals surface area contributed by atoms with Crippen LogP contribution in [0.2, 0.25) is 0 Å². The zero-order chi connectivity index (χ0) is 18.5. The fourth-order valence-electron chi connectivity index (χ4n) is 2.69. The normalized spacial score (nSPS) is 13.2. The highest BCUT2D eigenvalue weighted by molar-refractivity contribution is 5.96. The van der Waals surface area contributed by atoms with Gasteiger partial charge in [0.05, 0.1) is 7.11 Å². The summed E-state index contributed by atoms with van der Waals surface area (Å²) in [7, 11) is 1.63. The van der Waals surface area contributed by atoms with Gasteiger partial charge in [0.2, 0.25) is 11.8 Å². The summed E-state index contributed by atoms with van der Waals surface area (Å²) >= 11 is 0. The van der Waals surface area contributed by atoms with Crippen molar-refractivity contribution in [3.05, 3.63) is 53.6 Å². The molecule has 0 saturated heterocycles. The molecule has 2 amide bonds. The Kier molecular flexibility index (Phi) is 5.56. The lowest BCUT2D eigenvalue weighted by Gasteiger charge is -2.12. The molecule has 26 heavy (non-hydrogen) atoms. The van der Waals surface area contributed by atoms with E-state index < -0.39 is 0 Å². The second-order valence-electron chi connectivity index (χ2n) is 6.69. The van der Waals surface area contributed by atoms with E-state index in [0.717, 1.165) is 41.1 Å². The minimum Gasteiger partial charge on any atom is -0.497 e. The average molecular weight is 352 g/mol. The van der Waals surface area contributed by atoms with Crippen molar-refractivity contribution in [2.45, 2.75) is 32.6 Å². The van der Waals surface area contributed by atoms with Gasteiger partial charge in [0.1, 0.15) is 5.75 Å². The molecule has 5 heteroatoms. The number of amides is 2. The van der Waals surface area contributed by atoms with E-state index >= 15 is 0 Å². The van der Waals surface area contributed by atoms with Crippen molar-refractivity contribution in [2.24, 2.45) is 5.92 Å². The quantitative estimate of drug-likeness (QED) is 0.793. The smallest absolute Gasteiger partial charge is 0.227 e. The van der Waals surface area contributed by atoms with E-state index in [4.69, 9.17) is 4.74 Å².